The van der Waals surface area contributed by atoms with Crippen molar-refractivity contribution in [2.24, 2.45) is 22.7 Å². The minimum absolute atomic E-state index is 0.656. The highest BCUT2D eigenvalue weighted by Crippen LogP contribution is 2.75. The highest BCUT2D eigenvalue weighted by Gasteiger charge is 2.69. The first-order valence-electron chi connectivity index (χ1n) is 5.00. The lowest BCUT2D eigenvalue weighted by atomic mass is 9.83. The third-order valence-electron chi connectivity index (χ3n) is 4.78. The van der Waals surface area contributed by atoms with E-state index in [0.717, 1.165) is 11.8 Å². The van der Waals surface area contributed by atoms with Crippen LogP contribution >= 0.6 is 0 Å². The van der Waals surface area contributed by atoms with Gasteiger partial charge in [0.15, 0.2) is 0 Å². The van der Waals surface area contributed by atoms with E-state index >= 15 is 0 Å². The van der Waals surface area contributed by atoms with Crippen LogP contribution in [0.25, 0.3) is 0 Å². The van der Waals surface area contributed by atoms with Gasteiger partial charge < -0.3 is 0 Å². The maximum absolute atomic E-state index is 2.49. The lowest BCUT2D eigenvalue weighted by Crippen LogP contribution is -2.12. The molecule has 2 rings (SSSR count). The van der Waals surface area contributed by atoms with E-state index in [1.165, 1.54) is 19.3 Å². The predicted octanol–water partition coefficient (Wildman–Crippen LogP) is 3.47. The Labute approximate surface area is 70.4 Å². The molecule has 0 heteroatoms. The molecule has 3 atom stereocenters. The van der Waals surface area contributed by atoms with E-state index in [9.17, 15) is 0 Å². The van der Waals surface area contributed by atoms with Crippen molar-refractivity contribution in [3.63, 3.8) is 0 Å². The van der Waals surface area contributed by atoms with Crippen molar-refractivity contribution in [3.05, 3.63) is 0 Å². The third kappa shape index (κ3) is 0.711. The van der Waals surface area contributed by atoms with Crippen molar-refractivity contribution < 1.29 is 0 Å². The Morgan fingerprint density at radius 2 is 1.82 bits per heavy atom. The monoisotopic (exact) mass is 152 g/mol. The van der Waals surface area contributed by atoms with Crippen molar-refractivity contribution in [1.82, 2.24) is 0 Å². The van der Waals surface area contributed by atoms with E-state index < -0.39 is 0 Å². The third-order valence-corrected chi connectivity index (χ3v) is 4.78. The van der Waals surface area contributed by atoms with Crippen LogP contribution in [-0.2, 0) is 0 Å². The molecule has 0 bridgehead atoms. The van der Waals surface area contributed by atoms with Gasteiger partial charge in [-0.1, -0.05) is 40.5 Å². The fraction of sp³-hybridized carbons (Fsp3) is 1.00. The van der Waals surface area contributed by atoms with E-state index in [1.54, 1.807) is 0 Å². The molecule has 0 saturated heterocycles. The standard InChI is InChI=1S/C11H20/c1-8-6-5-7-11(4)9(8)10(11,2)3/h8-9H,5-7H2,1-4H3. The van der Waals surface area contributed by atoms with Crippen LogP contribution < -0.4 is 0 Å². The van der Waals surface area contributed by atoms with Crippen molar-refractivity contribution in [3.8, 4) is 0 Å². The second kappa shape index (κ2) is 1.84. The molecule has 11 heavy (non-hydrogen) atoms. The van der Waals surface area contributed by atoms with Gasteiger partial charge in [-0.25, -0.2) is 0 Å². The van der Waals surface area contributed by atoms with E-state index in [0.29, 0.717) is 10.8 Å². The van der Waals surface area contributed by atoms with Crippen molar-refractivity contribution in [1.29, 1.82) is 0 Å². The molecule has 0 amide bonds. The minimum atomic E-state index is 0.656. The van der Waals surface area contributed by atoms with Crippen LogP contribution in [0.15, 0.2) is 0 Å². The molecule has 0 aliphatic heterocycles. The number of fused-ring (bicyclic) bond motifs is 1. The fourth-order valence-electron chi connectivity index (χ4n) is 3.89. The maximum Gasteiger partial charge on any atom is -0.0235 e. The molecular weight excluding hydrogens is 132 g/mol. The van der Waals surface area contributed by atoms with Crippen molar-refractivity contribution in [2.75, 3.05) is 0 Å². The van der Waals surface area contributed by atoms with Crippen molar-refractivity contribution >= 4 is 0 Å². The number of hydrogen-bond donors (Lipinski definition) is 0. The molecule has 0 aromatic rings. The topological polar surface area (TPSA) is 0 Å². The molecule has 0 nitrogen and oxygen atoms in total. The largest absolute Gasteiger partial charge is 0.0622 e. The minimum Gasteiger partial charge on any atom is -0.0622 e. The quantitative estimate of drug-likeness (QED) is 0.498. The second-order valence-electron chi connectivity index (χ2n) is 5.49. The van der Waals surface area contributed by atoms with Gasteiger partial charge in [-0.3, -0.25) is 0 Å². The van der Waals surface area contributed by atoms with Crippen LogP contribution in [0.1, 0.15) is 47.0 Å². The van der Waals surface area contributed by atoms with Crippen LogP contribution in [0.5, 0.6) is 0 Å². The van der Waals surface area contributed by atoms with Gasteiger partial charge in [-0.2, -0.15) is 0 Å². The average molecular weight is 152 g/mol. The van der Waals surface area contributed by atoms with Crippen LogP contribution in [0.4, 0.5) is 0 Å². The Morgan fingerprint density at radius 3 is 2.27 bits per heavy atom. The molecule has 0 heterocycles. The van der Waals surface area contributed by atoms with Gasteiger partial charge in [-0.15, -0.1) is 0 Å². The molecule has 0 aromatic heterocycles. The molecule has 2 aliphatic carbocycles. The summed E-state index contributed by atoms with van der Waals surface area (Å²) in [5.41, 5.74) is 1.37. The maximum atomic E-state index is 2.49. The first-order chi connectivity index (χ1) is 5.00. The van der Waals surface area contributed by atoms with Crippen LogP contribution in [0.2, 0.25) is 0 Å². The van der Waals surface area contributed by atoms with E-state index in [4.69, 9.17) is 0 Å². The van der Waals surface area contributed by atoms with Crippen LogP contribution in [-0.4, -0.2) is 0 Å². The summed E-state index contributed by atoms with van der Waals surface area (Å²) in [6.07, 6.45) is 4.43. The normalized spacial score (nSPS) is 53.5. The Kier molecular flexibility index (Phi) is 1.28. The smallest absolute Gasteiger partial charge is 0.0235 e. The first kappa shape index (κ1) is 7.64. The van der Waals surface area contributed by atoms with E-state index in [-0.39, 0.29) is 0 Å². The summed E-state index contributed by atoms with van der Waals surface area (Å²) in [6.45, 7) is 9.85. The molecule has 0 spiro atoms. The molecule has 2 aliphatic rings. The number of hydrogen-bond acceptors (Lipinski definition) is 0. The van der Waals surface area contributed by atoms with Gasteiger partial charge in [-0.05, 0) is 29.1 Å². The van der Waals surface area contributed by atoms with Crippen molar-refractivity contribution in [2.45, 2.75) is 47.0 Å². The van der Waals surface area contributed by atoms with E-state index in [1.807, 2.05) is 0 Å². The Morgan fingerprint density at radius 1 is 1.18 bits per heavy atom. The summed E-state index contributed by atoms with van der Waals surface area (Å²) in [4.78, 5) is 0. The molecule has 0 aromatic carbocycles. The highest BCUT2D eigenvalue weighted by molar-refractivity contribution is 5.17. The molecule has 64 valence electrons. The van der Waals surface area contributed by atoms with Crippen LogP contribution in [0, 0.1) is 22.7 Å². The molecule has 2 fully saturated rings. The first-order valence-corrected chi connectivity index (χ1v) is 5.00. The van der Waals surface area contributed by atoms with Gasteiger partial charge >= 0.3 is 0 Å². The molecule has 0 radical (unpaired) electrons. The average Bonchev–Trinajstić information content (AvgIpc) is 2.29. The van der Waals surface area contributed by atoms with E-state index in [2.05, 4.69) is 27.7 Å². The summed E-state index contributed by atoms with van der Waals surface area (Å²) >= 11 is 0. The lowest BCUT2D eigenvalue weighted by Gasteiger charge is -2.22. The zero-order valence-electron chi connectivity index (χ0n) is 8.28. The zero-order valence-corrected chi connectivity index (χ0v) is 8.28. The second-order valence-corrected chi connectivity index (χ2v) is 5.49. The van der Waals surface area contributed by atoms with Gasteiger partial charge in [0, 0.05) is 0 Å². The van der Waals surface area contributed by atoms with Gasteiger partial charge in [0.25, 0.3) is 0 Å². The molecule has 2 saturated carbocycles. The summed E-state index contributed by atoms with van der Waals surface area (Å²) in [6, 6.07) is 0. The fourth-order valence-corrected chi connectivity index (χ4v) is 3.89. The predicted molar refractivity (Wildman–Crippen MR) is 48.4 cm³/mol. The van der Waals surface area contributed by atoms with Gasteiger partial charge in [0.05, 0.1) is 0 Å². The Hall–Kier alpha value is 0. The van der Waals surface area contributed by atoms with Gasteiger partial charge in [0.1, 0.15) is 0 Å². The lowest BCUT2D eigenvalue weighted by molar-refractivity contribution is 0.286. The Bertz CT molecular complexity index is 180. The zero-order chi connectivity index (χ0) is 8.28. The summed E-state index contributed by atoms with van der Waals surface area (Å²) in [5.74, 6) is 2.02. The molecule has 3 unspecified atom stereocenters. The van der Waals surface area contributed by atoms with Crippen LogP contribution in [0.3, 0.4) is 0 Å². The highest BCUT2D eigenvalue weighted by atomic mass is 14.7. The summed E-state index contributed by atoms with van der Waals surface area (Å²) in [7, 11) is 0. The van der Waals surface area contributed by atoms with Gasteiger partial charge in [0.2, 0.25) is 0 Å². The Balaban J connectivity index is 2.23. The molecule has 0 N–H and O–H groups in total. The number of rotatable bonds is 0. The molecular formula is C11H20. The SMILES string of the molecule is CC1CCCC2(C)C1C2(C)C. The summed E-state index contributed by atoms with van der Waals surface area (Å²) in [5, 5.41) is 0. The summed E-state index contributed by atoms with van der Waals surface area (Å²) < 4.78 is 0.